The van der Waals surface area contributed by atoms with Gasteiger partial charge in [-0.2, -0.15) is 0 Å². The highest BCUT2D eigenvalue weighted by molar-refractivity contribution is 7.90. The maximum absolute atomic E-state index is 11.6. The van der Waals surface area contributed by atoms with Gasteiger partial charge < -0.3 is 5.73 Å². The zero-order chi connectivity index (χ0) is 13.5. The minimum Gasteiger partial charge on any atom is -0.398 e. The number of nitrogens with two attached hydrogens (primary N) is 1. The first-order chi connectivity index (χ1) is 8.30. The summed E-state index contributed by atoms with van der Waals surface area (Å²) in [5, 5.41) is 1.37. The van der Waals surface area contributed by atoms with Gasteiger partial charge in [-0.3, -0.25) is 4.79 Å². The first kappa shape index (κ1) is 12.6. The Morgan fingerprint density at radius 1 is 1.17 bits per heavy atom. The van der Waals surface area contributed by atoms with Gasteiger partial charge in [-0.05, 0) is 35.9 Å². The minimum atomic E-state index is -3.25. The summed E-state index contributed by atoms with van der Waals surface area (Å²) in [4.78, 5) is 11.8. The van der Waals surface area contributed by atoms with Crippen molar-refractivity contribution in [2.45, 2.75) is 11.8 Å². The van der Waals surface area contributed by atoms with Crippen LogP contribution in [0.4, 0.5) is 5.69 Å². The van der Waals surface area contributed by atoms with Crippen LogP contribution in [0.3, 0.4) is 0 Å². The molecule has 0 aliphatic carbocycles. The summed E-state index contributed by atoms with van der Waals surface area (Å²) in [6.45, 7) is 1.44. The molecule has 0 heterocycles. The maximum Gasteiger partial charge on any atom is 0.175 e. The molecular weight excluding hydrogens is 250 g/mol. The van der Waals surface area contributed by atoms with E-state index in [4.69, 9.17) is 5.73 Å². The average molecular weight is 263 g/mol. The fourth-order valence-electron chi connectivity index (χ4n) is 1.95. The summed E-state index contributed by atoms with van der Waals surface area (Å²) in [6, 6.07) is 8.00. The van der Waals surface area contributed by atoms with Crippen LogP contribution < -0.4 is 5.73 Å². The number of ketones is 1. The lowest BCUT2D eigenvalue weighted by Gasteiger charge is -2.08. The Kier molecular flexibility index (Phi) is 2.86. The molecule has 94 valence electrons. The van der Waals surface area contributed by atoms with Gasteiger partial charge in [0.25, 0.3) is 0 Å². The molecular formula is C13H13NO3S. The molecule has 2 aromatic carbocycles. The van der Waals surface area contributed by atoms with Crippen LogP contribution in [0.15, 0.2) is 35.2 Å². The molecule has 0 aliphatic rings. The molecule has 5 heteroatoms. The summed E-state index contributed by atoms with van der Waals surface area (Å²) < 4.78 is 22.9. The number of nitrogen functional groups attached to an aromatic ring is 1. The molecule has 0 bridgehead atoms. The molecule has 2 rings (SSSR count). The fraction of sp³-hybridized carbons (Fsp3) is 0.154. The summed E-state index contributed by atoms with van der Waals surface area (Å²) in [5.74, 6) is -0.134. The highest BCUT2D eigenvalue weighted by Crippen LogP contribution is 2.27. The van der Waals surface area contributed by atoms with E-state index in [0.29, 0.717) is 22.0 Å². The third-order valence-corrected chi connectivity index (χ3v) is 3.91. The zero-order valence-corrected chi connectivity index (χ0v) is 10.9. The number of carbonyl (C=O) groups is 1. The van der Waals surface area contributed by atoms with Gasteiger partial charge in [-0.15, -0.1) is 0 Å². The van der Waals surface area contributed by atoms with Crippen LogP contribution in [0.1, 0.15) is 17.3 Å². The van der Waals surface area contributed by atoms with Crippen molar-refractivity contribution in [2.75, 3.05) is 12.0 Å². The van der Waals surface area contributed by atoms with Gasteiger partial charge in [0.1, 0.15) is 0 Å². The van der Waals surface area contributed by atoms with E-state index in [0.717, 1.165) is 6.26 Å². The highest BCUT2D eigenvalue weighted by Gasteiger charge is 2.13. The van der Waals surface area contributed by atoms with Gasteiger partial charge in [-0.1, -0.05) is 12.1 Å². The number of benzene rings is 2. The standard InChI is InChI=1S/C13H13NO3S/c1-8(15)13-11-5-4-10(18(2,16)17)7-9(11)3-6-12(13)14/h3-7H,14H2,1-2H3. The van der Waals surface area contributed by atoms with Crippen molar-refractivity contribution in [3.8, 4) is 0 Å². The number of rotatable bonds is 2. The summed E-state index contributed by atoms with van der Waals surface area (Å²) >= 11 is 0. The summed E-state index contributed by atoms with van der Waals surface area (Å²) in [7, 11) is -3.25. The van der Waals surface area contributed by atoms with Crippen LogP contribution in [0, 0.1) is 0 Å². The first-order valence-corrected chi connectivity index (χ1v) is 7.23. The molecule has 2 N–H and O–H groups in total. The van der Waals surface area contributed by atoms with Gasteiger partial charge in [-0.25, -0.2) is 8.42 Å². The van der Waals surface area contributed by atoms with E-state index in [9.17, 15) is 13.2 Å². The van der Waals surface area contributed by atoms with E-state index in [1.165, 1.54) is 13.0 Å². The molecule has 2 aromatic rings. The topological polar surface area (TPSA) is 77.2 Å². The lowest BCUT2D eigenvalue weighted by molar-refractivity contribution is 0.102. The predicted molar refractivity (Wildman–Crippen MR) is 71.5 cm³/mol. The molecule has 0 saturated carbocycles. The van der Waals surface area contributed by atoms with Crippen LogP contribution in [-0.2, 0) is 9.84 Å². The number of hydrogen-bond donors (Lipinski definition) is 1. The molecule has 0 unspecified atom stereocenters. The normalized spacial score (nSPS) is 11.7. The molecule has 0 radical (unpaired) electrons. The number of sulfone groups is 1. The number of Topliss-reactive ketones (excluding diaryl/α,β-unsaturated/α-hetero) is 1. The molecule has 0 saturated heterocycles. The van der Waals surface area contributed by atoms with Crippen molar-refractivity contribution in [3.05, 3.63) is 35.9 Å². The minimum absolute atomic E-state index is 0.134. The van der Waals surface area contributed by atoms with E-state index < -0.39 is 9.84 Å². The molecule has 0 aromatic heterocycles. The van der Waals surface area contributed by atoms with E-state index >= 15 is 0 Å². The Morgan fingerprint density at radius 2 is 1.83 bits per heavy atom. The van der Waals surface area contributed by atoms with E-state index in [2.05, 4.69) is 0 Å². The molecule has 4 nitrogen and oxygen atoms in total. The molecule has 0 atom stereocenters. The molecule has 0 amide bonds. The van der Waals surface area contributed by atoms with Crippen LogP contribution in [0.5, 0.6) is 0 Å². The maximum atomic E-state index is 11.6. The Hall–Kier alpha value is -1.88. The number of anilines is 1. The average Bonchev–Trinajstić information content (AvgIpc) is 2.26. The SMILES string of the molecule is CC(=O)c1c(N)ccc2cc(S(C)(=O)=O)ccc12. The first-order valence-electron chi connectivity index (χ1n) is 5.34. The van der Waals surface area contributed by atoms with Gasteiger partial charge in [0.2, 0.25) is 0 Å². The molecule has 0 fully saturated rings. The van der Waals surface area contributed by atoms with Crippen molar-refractivity contribution in [1.82, 2.24) is 0 Å². The van der Waals surface area contributed by atoms with Crippen LogP contribution in [0.25, 0.3) is 10.8 Å². The monoisotopic (exact) mass is 263 g/mol. The third-order valence-electron chi connectivity index (χ3n) is 2.80. The lowest BCUT2D eigenvalue weighted by atomic mass is 10.0. The lowest BCUT2D eigenvalue weighted by Crippen LogP contribution is -2.02. The van der Waals surface area contributed by atoms with Gasteiger partial charge >= 0.3 is 0 Å². The van der Waals surface area contributed by atoms with Gasteiger partial charge in [0, 0.05) is 17.5 Å². The fourth-order valence-corrected chi connectivity index (χ4v) is 2.60. The summed E-state index contributed by atoms with van der Waals surface area (Å²) in [5.41, 5.74) is 6.61. The van der Waals surface area contributed by atoms with Crippen LogP contribution in [0.2, 0.25) is 0 Å². The van der Waals surface area contributed by atoms with Crippen molar-refractivity contribution >= 4 is 32.1 Å². The van der Waals surface area contributed by atoms with Gasteiger partial charge in [0.05, 0.1) is 4.90 Å². The Morgan fingerprint density at radius 3 is 2.39 bits per heavy atom. The second kappa shape index (κ2) is 4.10. The molecule has 18 heavy (non-hydrogen) atoms. The van der Waals surface area contributed by atoms with Crippen molar-refractivity contribution < 1.29 is 13.2 Å². The predicted octanol–water partition coefficient (Wildman–Crippen LogP) is 2.03. The van der Waals surface area contributed by atoms with Gasteiger partial charge in [0.15, 0.2) is 15.6 Å². The smallest absolute Gasteiger partial charge is 0.175 e. The third kappa shape index (κ3) is 2.09. The second-order valence-corrected chi connectivity index (χ2v) is 6.26. The molecule has 0 aliphatic heterocycles. The van der Waals surface area contributed by atoms with Crippen molar-refractivity contribution in [2.24, 2.45) is 0 Å². The number of carbonyl (C=O) groups excluding carboxylic acids is 1. The highest BCUT2D eigenvalue weighted by atomic mass is 32.2. The van der Waals surface area contributed by atoms with Crippen LogP contribution in [-0.4, -0.2) is 20.5 Å². The van der Waals surface area contributed by atoms with E-state index in [1.807, 2.05) is 0 Å². The molecule has 0 spiro atoms. The summed E-state index contributed by atoms with van der Waals surface area (Å²) in [6.07, 6.45) is 1.15. The number of fused-ring (bicyclic) bond motifs is 1. The zero-order valence-electron chi connectivity index (χ0n) is 10.1. The largest absolute Gasteiger partial charge is 0.398 e. The Bertz CT molecular complexity index is 748. The van der Waals surface area contributed by atoms with Crippen LogP contribution >= 0.6 is 0 Å². The van der Waals surface area contributed by atoms with E-state index in [1.54, 1.807) is 24.3 Å². The van der Waals surface area contributed by atoms with E-state index in [-0.39, 0.29) is 10.7 Å². The Labute approximate surface area is 105 Å². The second-order valence-electron chi connectivity index (χ2n) is 4.24. The van der Waals surface area contributed by atoms with Crippen molar-refractivity contribution in [1.29, 1.82) is 0 Å². The quantitative estimate of drug-likeness (QED) is 0.664. The van der Waals surface area contributed by atoms with Crippen molar-refractivity contribution in [3.63, 3.8) is 0 Å². The number of hydrogen-bond acceptors (Lipinski definition) is 4. The Balaban J connectivity index is 2.84.